The number of ether oxygens (including phenoxy) is 1. The van der Waals surface area contributed by atoms with Gasteiger partial charge in [0.1, 0.15) is 12.6 Å². The zero-order chi connectivity index (χ0) is 20.4. The zero-order valence-electron chi connectivity index (χ0n) is 16.2. The molecule has 28 heavy (non-hydrogen) atoms. The zero-order valence-corrected chi connectivity index (χ0v) is 16.2. The Hall–Kier alpha value is -3.09. The topological polar surface area (TPSA) is 96.5 Å². The molecule has 0 saturated carbocycles. The largest absolute Gasteiger partial charge is 0.445 e. The highest BCUT2D eigenvalue weighted by Gasteiger charge is 2.22. The maximum absolute atomic E-state index is 12.7. The van der Waals surface area contributed by atoms with Gasteiger partial charge in [-0.1, -0.05) is 62.4 Å². The molecule has 2 atom stereocenters. The van der Waals surface area contributed by atoms with Crippen molar-refractivity contribution in [3.63, 3.8) is 0 Å². The fourth-order valence-corrected chi connectivity index (χ4v) is 2.54. The van der Waals surface area contributed by atoms with E-state index in [9.17, 15) is 14.4 Å². The highest BCUT2D eigenvalue weighted by atomic mass is 16.5. The van der Waals surface area contributed by atoms with E-state index in [0.717, 1.165) is 5.56 Å². The Kier molecular flexibility index (Phi) is 8.27. The van der Waals surface area contributed by atoms with Crippen molar-refractivity contribution >= 4 is 17.9 Å². The molecule has 150 valence electrons. The van der Waals surface area contributed by atoms with E-state index in [-0.39, 0.29) is 30.4 Å². The molecule has 3 amide bonds. The molecule has 0 bridgehead atoms. The van der Waals surface area contributed by atoms with E-state index < -0.39 is 12.1 Å². The summed E-state index contributed by atoms with van der Waals surface area (Å²) >= 11 is 0. The summed E-state index contributed by atoms with van der Waals surface area (Å²) in [5.41, 5.74) is 0.858. The molecule has 0 radical (unpaired) electrons. The maximum atomic E-state index is 12.7. The van der Waals surface area contributed by atoms with Crippen molar-refractivity contribution in [1.29, 1.82) is 0 Å². The van der Waals surface area contributed by atoms with Crippen molar-refractivity contribution in [1.82, 2.24) is 16.0 Å². The molecule has 3 N–H and O–H groups in total. The van der Waals surface area contributed by atoms with Gasteiger partial charge in [0.25, 0.3) is 0 Å². The molecule has 0 fully saturated rings. The molecular formula is C21H27N3O4. The first kappa shape index (κ1) is 21.2. The summed E-state index contributed by atoms with van der Waals surface area (Å²) in [6.07, 6.45) is 6.30. The van der Waals surface area contributed by atoms with E-state index in [0.29, 0.717) is 13.0 Å². The van der Waals surface area contributed by atoms with Crippen molar-refractivity contribution in [3.8, 4) is 0 Å². The van der Waals surface area contributed by atoms with Gasteiger partial charge in [-0.15, -0.1) is 0 Å². The van der Waals surface area contributed by atoms with E-state index in [4.69, 9.17) is 4.74 Å². The standard InChI is InChI=1S/C21H27N3O4/c1-15(2)17-11-12-19(25)22-13-7-6-10-18(20(26)23-17)24-21(27)28-14-16-8-4-3-5-9-16/h3-6,8-12,15,17-18H,7,13-14H2,1-2H3,(H,22,25)(H,23,26)(H,24,27)/b10-6+,12-11+/t17-,18+/m1/s1. The Bertz CT molecular complexity index is 728. The lowest BCUT2D eigenvalue weighted by Gasteiger charge is -2.22. The van der Waals surface area contributed by atoms with E-state index in [2.05, 4.69) is 16.0 Å². The first-order valence-corrected chi connectivity index (χ1v) is 9.36. The Balaban J connectivity index is 2.02. The average Bonchev–Trinajstić information content (AvgIpc) is 2.67. The minimum atomic E-state index is -0.868. The third kappa shape index (κ3) is 7.26. The van der Waals surface area contributed by atoms with Crippen LogP contribution in [-0.2, 0) is 20.9 Å². The minimum Gasteiger partial charge on any atom is -0.445 e. The molecule has 0 saturated heterocycles. The molecule has 0 spiro atoms. The van der Waals surface area contributed by atoms with Gasteiger partial charge in [-0.2, -0.15) is 0 Å². The van der Waals surface area contributed by atoms with Gasteiger partial charge >= 0.3 is 6.09 Å². The summed E-state index contributed by atoms with van der Waals surface area (Å²) < 4.78 is 5.21. The molecule has 1 aromatic carbocycles. The van der Waals surface area contributed by atoms with E-state index in [1.807, 2.05) is 44.2 Å². The number of carbonyl (C=O) groups is 3. The number of carbonyl (C=O) groups excluding carboxylic acids is 3. The summed E-state index contributed by atoms with van der Waals surface area (Å²) in [6.45, 7) is 4.43. The lowest BCUT2D eigenvalue weighted by atomic mass is 10.0. The second-order valence-electron chi connectivity index (χ2n) is 6.83. The first-order chi connectivity index (χ1) is 13.5. The fourth-order valence-electron chi connectivity index (χ4n) is 2.54. The Morgan fingerprint density at radius 1 is 1.21 bits per heavy atom. The maximum Gasteiger partial charge on any atom is 0.408 e. The van der Waals surface area contributed by atoms with Gasteiger partial charge in [0, 0.05) is 18.7 Å². The van der Waals surface area contributed by atoms with Crippen LogP contribution >= 0.6 is 0 Å². The van der Waals surface area contributed by atoms with Crippen LogP contribution in [0, 0.1) is 5.92 Å². The Morgan fingerprint density at radius 3 is 2.68 bits per heavy atom. The van der Waals surface area contributed by atoms with E-state index >= 15 is 0 Å². The molecule has 1 aliphatic rings. The number of rotatable bonds is 4. The van der Waals surface area contributed by atoms with Crippen LogP contribution in [0.25, 0.3) is 0 Å². The molecule has 0 unspecified atom stereocenters. The monoisotopic (exact) mass is 385 g/mol. The number of alkyl carbamates (subject to hydrolysis) is 1. The predicted molar refractivity (Wildman–Crippen MR) is 106 cm³/mol. The van der Waals surface area contributed by atoms with Crippen LogP contribution in [-0.4, -0.2) is 36.5 Å². The van der Waals surface area contributed by atoms with E-state index in [1.165, 1.54) is 6.08 Å². The molecule has 0 aromatic heterocycles. The smallest absolute Gasteiger partial charge is 0.408 e. The number of nitrogens with one attached hydrogen (secondary N) is 3. The van der Waals surface area contributed by atoms with Crippen molar-refractivity contribution < 1.29 is 19.1 Å². The normalized spacial score (nSPS) is 22.8. The summed E-state index contributed by atoms with van der Waals surface area (Å²) in [5.74, 6) is -0.490. The minimum absolute atomic E-state index is 0.0746. The molecule has 0 aliphatic carbocycles. The van der Waals surface area contributed by atoms with Crippen LogP contribution in [0.15, 0.2) is 54.6 Å². The van der Waals surface area contributed by atoms with Gasteiger partial charge in [0.05, 0.1) is 0 Å². The molecule has 2 rings (SSSR count). The molecule has 1 aliphatic heterocycles. The lowest BCUT2D eigenvalue weighted by Crippen LogP contribution is -2.49. The van der Waals surface area contributed by atoms with Gasteiger partial charge < -0.3 is 20.7 Å². The summed E-state index contributed by atoms with van der Waals surface area (Å²) in [7, 11) is 0. The quantitative estimate of drug-likeness (QED) is 0.691. The summed E-state index contributed by atoms with van der Waals surface area (Å²) in [4.78, 5) is 36.6. The van der Waals surface area contributed by atoms with Crippen molar-refractivity contribution in [2.45, 2.75) is 39.0 Å². The molecular weight excluding hydrogens is 358 g/mol. The van der Waals surface area contributed by atoms with Crippen LogP contribution in [0.5, 0.6) is 0 Å². The van der Waals surface area contributed by atoms with Crippen LogP contribution in [0.1, 0.15) is 25.8 Å². The third-order valence-corrected chi connectivity index (χ3v) is 4.19. The van der Waals surface area contributed by atoms with Crippen LogP contribution < -0.4 is 16.0 Å². The second kappa shape index (κ2) is 10.9. The third-order valence-electron chi connectivity index (χ3n) is 4.19. The van der Waals surface area contributed by atoms with Crippen molar-refractivity contribution in [2.24, 2.45) is 5.92 Å². The molecule has 7 nitrogen and oxygen atoms in total. The number of hydrogen-bond donors (Lipinski definition) is 3. The predicted octanol–water partition coefficient (Wildman–Crippen LogP) is 2.05. The number of amides is 3. The van der Waals surface area contributed by atoms with Gasteiger partial charge in [-0.05, 0) is 17.9 Å². The highest BCUT2D eigenvalue weighted by Crippen LogP contribution is 2.06. The molecule has 1 heterocycles. The fraction of sp³-hybridized carbons (Fsp3) is 0.381. The average molecular weight is 385 g/mol. The summed E-state index contributed by atoms with van der Waals surface area (Å²) in [6, 6.07) is 8.10. The van der Waals surface area contributed by atoms with Crippen LogP contribution in [0.4, 0.5) is 4.79 Å². The molecule has 7 heteroatoms. The summed E-state index contributed by atoms with van der Waals surface area (Å²) in [5, 5.41) is 8.21. The van der Waals surface area contributed by atoms with Crippen LogP contribution in [0.2, 0.25) is 0 Å². The van der Waals surface area contributed by atoms with Gasteiger partial charge in [0.15, 0.2) is 0 Å². The SMILES string of the molecule is CC(C)[C@H]1/C=C/C(=O)NCC/C=C/[C@H](NC(=O)OCc2ccccc2)C(=O)N1. The van der Waals surface area contributed by atoms with Crippen LogP contribution in [0.3, 0.4) is 0 Å². The van der Waals surface area contributed by atoms with Gasteiger partial charge in [0.2, 0.25) is 11.8 Å². The van der Waals surface area contributed by atoms with E-state index in [1.54, 1.807) is 18.2 Å². The first-order valence-electron chi connectivity index (χ1n) is 9.36. The Morgan fingerprint density at radius 2 is 1.96 bits per heavy atom. The van der Waals surface area contributed by atoms with Gasteiger partial charge in [-0.3, -0.25) is 9.59 Å². The highest BCUT2D eigenvalue weighted by molar-refractivity contribution is 5.89. The van der Waals surface area contributed by atoms with Crippen molar-refractivity contribution in [3.05, 3.63) is 60.2 Å². The molecule has 1 aromatic rings. The van der Waals surface area contributed by atoms with Crippen molar-refractivity contribution in [2.75, 3.05) is 6.54 Å². The number of hydrogen-bond acceptors (Lipinski definition) is 4. The Labute approximate surface area is 165 Å². The second-order valence-corrected chi connectivity index (χ2v) is 6.83. The van der Waals surface area contributed by atoms with Gasteiger partial charge in [-0.25, -0.2) is 4.79 Å². The number of benzene rings is 1. The lowest BCUT2D eigenvalue weighted by molar-refractivity contribution is -0.122.